The molecular weight excluding hydrogens is 266 g/mol. The predicted octanol–water partition coefficient (Wildman–Crippen LogP) is 1.38. The van der Waals surface area contributed by atoms with Gasteiger partial charge in [-0.3, -0.25) is 4.98 Å². The van der Waals surface area contributed by atoms with Gasteiger partial charge in [0.15, 0.2) is 5.82 Å². The van der Waals surface area contributed by atoms with E-state index in [9.17, 15) is 0 Å². The summed E-state index contributed by atoms with van der Waals surface area (Å²) in [4.78, 5) is 19.0. The van der Waals surface area contributed by atoms with Gasteiger partial charge in [0.1, 0.15) is 6.07 Å². The Morgan fingerprint density at radius 2 is 1.90 bits per heavy atom. The second-order valence-corrected chi connectivity index (χ2v) is 4.94. The Kier molecular flexibility index (Phi) is 3.60. The number of hydrogen-bond donors (Lipinski definition) is 1. The minimum atomic E-state index is 0.183. The molecule has 0 aliphatic carbocycles. The van der Waals surface area contributed by atoms with Crippen molar-refractivity contribution < 1.29 is 0 Å². The number of anilines is 2. The number of hydrogen-bond acceptors (Lipinski definition) is 7. The molecule has 21 heavy (non-hydrogen) atoms. The van der Waals surface area contributed by atoms with Gasteiger partial charge >= 0.3 is 0 Å². The van der Waals surface area contributed by atoms with Crippen LogP contribution in [-0.2, 0) is 0 Å². The van der Waals surface area contributed by atoms with Gasteiger partial charge in [-0.2, -0.15) is 20.2 Å². The van der Waals surface area contributed by atoms with E-state index in [0.717, 1.165) is 25.9 Å². The molecule has 7 nitrogen and oxygen atoms in total. The molecular formula is C14H15N7. The van der Waals surface area contributed by atoms with Crippen LogP contribution in [0.3, 0.4) is 0 Å². The highest BCUT2D eigenvalue weighted by Gasteiger charge is 2.16. The first-order valence-electron chi connectivity index (χ1n) is 6.88. The Morgan fingerprint density at radius 3 is 2.67 bits per heavy atom. The van der Waals surface area contributed by atoms with Gasteiger partial charge in [-0.05, 0) is 25.3 Å². The van der Waals surface area contributed by atoms with Crippen LogP contribution in [0.25, 0.3) is 11.4 Å². The lowest BCUT2D eigenvalue weighted by Gasteiger charge is -2.26. The first-order valence-corrected chi connectivity index (χ1v) is 6.88. The number of nitriles is 1. The third-order valence-electron chi connectivity index (χ3n) is 3.41. The number of nitrogen functional groups attached to an aromatic ring is 1. The van der Waals surface area contributed by atoms with Crippen molar-refractivity contribution in [1.29, 1.82) is 5.26 Å². The standard InChI is InChI=1S/C14H15N7/c15-7-10-6-11(9-17-8-10)12-18-13(16)20-14(19-12)21-4-2-1-3-5-21/h6,8-9H,1-5H2,(H2,16,18,19,20). The van der Waals surface area contributed by atoms with Crippen LogP contribution in [0.15, 0.2) is 18.5 Å². The van der Waals surface area contributed by atoms with Crippen molar-refractivity contribution in [2.75, 3.05) is 23.7 Å². The van der Waals surface area contributed by atoms with E-state index in [1.165, 1.54) is 12.6 Å². The van der Waals surface area contributed by atoms with Gasteiger partial charge in [0.25, 0.3) is 0 Å². The van der Waals surface area contributed by atoms with Gasteiger partial charge in [-0.15, -0.1) is 0 Å². The molecule has 2 N–H and O–H groups in total. The van der Waals surface area contributed by atoms with Gasteiger partial charge in [-0.1, -0.05) is 0 Å². The Labute approximate surface area is 122 Å². The largest absolute Gasteiger partial charge is 0.368 e. The van der Waals surface area contributed by atoms with Gasteiger partial charge in [-0.25, -0.2) is 0 Å². The van der Waals surface area contributed by atoms with Crippen molar-refractivity contribution in [2.45, 2.75) is 19.3 Å². The summed E-state index contributed by atoms with van der Waals surface area (Å²) in [5, 5.41) is 8.95. The second kappa shape index (κ2) is 5.71. The molecule has 106 valence electrons. The minimum Gasteiger partial charge on any atom is -0.368 e. The Morgan fingerprint density at radius 1 is 1.10 bits per heavy atom. The summed E-state index contributed by atoms with van der Waals surface area (Å²) in [6.45, 7) is 1.86. The third kappa shape index (κ3) is 2.89. The molecule has 0 amide bonds. The van der Waals surface area contributed by atoms with E-state index in [-0.39, 0.29) is 5.95 Å². The molecule has 3 heterocycles. The van der Waals surface area contributed by atoms with E-state index in [4.69, 9.17) is 11.0 Å². The monoisotopic (exact) mass is 281 g/mol. The van der Waals surface area contributed by atoms with E-state index in [1.54, 1.807) is 12.3 Å². The second-order valence-electron chi connectivity index (χ2n) is 4.94. The Balaban J connectivity index is 1.98. The van der Waals surface area contributed by atoms with Gasteiger partial charge < -0.3 is 10.6 Å². The molecule has 0 saturated carbocycles. The molecule has 1 fully saturated rings. The number of aromatic nitrogens is 4. The van der Waals surface area contributed by atoms with E-state index in [1.807, 2.05) is 0 Å². The maximum Gasteiger partial charge on any atom is 0.230 e. The number of nitrogens with zero attached hydrogens (tertiary/aromatic N) is 6. The van der Waals surface area contributed by atoms with Crippen molar-refractivity contribution in [3.8, 4) is 17.5 Å². The molecule has 2 aromatic rings. The van der Waals surface area contributed by atoms with Crippen LogP contribution >= 0.6 is 0 Å². The molecule has 7 heteroatoms. The summed E-state index contributed by atoms with van der Waals surface area (Å²) in [7, 11) is 0. The molecule has 0 atom stereocenters. The van der Waals surface area contributed by atoms with E-state index < -0.39 is 0 Å². The quantitative estimate of drug-likeness (QED) is 0.886. The molecule has 0 spiro atoms. The van der Waals surface area contributed by atoms with Gasteiger partial charge in [0, 0.05) is 31.0 Å². The van der Waals surface area contributed by atoms with Crippen molar-refractivity contribution in [3.63, 3.8) is 0 Å². The fourth-order valence-electron chi connectivity index (χ4n) is 2.37. The van der Waals surface area contributed by atoms with E-state index >= 15 is 0 Å². The minimum absolute atomic E-state index is 0.183. The van der Waals surface area contributed by atoms with Gasteiger partial charge in [0.05, 0.1) is 5.56 Å². The number of piperidine rings is 1. The van der Waals surface area contributed by atoms with Crippen LogP contribution < -0.4 is 10.6 Å². The highest BCUT2D eigenvalue weighted by atomic mass is 15.3. The maximum atomic E-state index is 8.95. The van der Waals surface area contributed by atoms with E-state index in [2.05, 4.69) is 30.9 Å². The van der Waals surface area contributed by atoms with Crippen molar-refractivity contribution in [2.24, 2.45) is 0 Å². The molecule has 3 rings (SSSR count). The Hall–Kier alpha value is -2.75. The van der Waals surface area contributed by atoms with Crippen LogP contribution in [0.2, 0.25) is 0 Å². The Bertz CT molecular complexity index is 686. The van der Waals surface area contributed by atoms with Crippen LogP contribution in [0, 0.1) is 11.3 Å². The lowest BCUT2D eigenvalue weighted by atomic mass is 10.1. The highest BCUT2D eigenvalue weighted by molar-refractivity contribution is 5.58. The zero-order chi connectivity index (χ0) is 14.7. The van der Waals surface area contributed by atoms with E-state index in [0.29, 0.717) is 22.9 Å². The summed E-state index contributed by atoms with van der Waals surface area (Å²) in [5.41, 5.74) is 6.93. The molecule has 1 aliphatic heterocycles. The first-order chi connectivity index (χ1) is 10.3. The zero-order valence-corrected chi connectivity index (χ0v) is 11.5. The predicted molar refractivity (Wildman–Crippen MR) is 78.2 cm³/mol. The van der Waals surface area contributed by atoms with Crippen molar-refractivity contribution in [1.82, 2.24) is 19.9 Å². The molecule has 1 aliphatic rings. The average molecular weight is 281 g/mol. The zero-order valence-electron chi connectivity index (χ0n) is 11.5. The first kappa shape index (κ1) is 13.2. The summed E-state index contributed by atoms with van der Waals surface area (Å²) in [5.74, 6) is 1.23. The molecule has 0 bridgehead atoms. The summed E-state index contributed by atoms with van der Waals surface area (Å²) < 4.78 is 0. The number of pyridine rings is 1. The summed E-state index contributed by atoms with van der Waals surface area (Å²) in [6.07, 6.45) is 6.62. The lowest BCUT2D eigenvalue weighted by Crippen LogP contribution is -2.31. The number of rotatable bonds is 2. The molecule has 1 saturated heterocycles. The SMILES string of the molecule is N#Cc1cncc(-c2nc(N)nc(N3CCCCC3)n2)c1. The summed E-state index contributed by atoms with van der Waals surface area (Å²) in [6, 6.07) is 3.75. The van der Waals surface area contributed by atoms with Crippen LogP contribution in [0.4, 0.5) is 11.9 Å². The van der Waals surface area contributed by atoms with Gasteiger partial charge in [0.2, 0.25) is 11.9 Å². The average Bonchev–Trinajstić information content (AvgIpc) is 2.55. The van der Waals surface area contributed by atoms with Crippen molar-refractivity contribution >= 4 is 11.9 Å². The van der Waals surface area contributed by atoms with Crippen LogP contribution in [-0.4, -0.2) is 33.0 Å². The molecule has 2 aromatic heterocycles. The summed E-state index contributed by atoms with van der Waals surface area (Å²) >= 11 is 0. The van der Waals surface area contributed by atoms with Crippen LogP contribution in [0.1, 0.15) is 24.8 Å². The molecule has 0 unspecified atom stereocenters. The highest BCUT2D eigenvalue weighted by Crippen LogP contribution is 2.21. The fraction of sp³-hybridized carbons (Fsp3) is 0.357. The topological polar surface area (TPSA) is 105 Å². The molecule has 0 aromatic carbocycles. The fourth-order valence-corrected chi connectivity index (χ4v) is 2.37. The van der Waals surface area contributed by atoms with Crippen molar-refractivity contribution in [3.05, 3.63) is 24.0 Å². The normalized spacial score (nSPS) is 14.7. The lowest BCUT2D eigenvalue weighted by molar-refractivity contribution is 0.568. The van der Waals surface area contributed by atoms with Crippen LogP contribution in [0.5, 0.6) is 0 Å². The smallest absolute Gasteiger partial charge is 0.230 e. The number of nitrogens with two attached hydrogens (primary N) is 1. The third-order valence-corrected chi connectivity index (χ3v) is 3.41. The molecule has 0 radical (unpaired) electrons. The maximum absolute atomic E-state index is 8.95.